The molecule has 0 fully saturated rings. The summed E-state index contributed by atoms with van der Waals surface area (Å²) in [7, 11) is 0. The van der Waals surface area contributed by atoms with Crippen LogP contribution in [0.1, 0.15) is 12.5 Å². The van der Waals surface area contributed by atoms with Crippen LogP contribution in [0.2, 0.25) is 0 Å². The summed E-state index contributed by atoms with van der Waals surface area (Å²) >= 11 is 0. The predicted octanol–water partition coefficient (Wildman–Crippen LogP) is 3.88. The van der Waals surface area contributed by atoms with Gasteiger partial charge in [0, 0.05) is 12.6 Å². The lowest BCUT2D eigenvalue weighted by Crippen LogP contribution is -2.12. The van der Waals surface area contributed by atoms with Crippen molar-refractivity contribution in [2.24, 2.45) is 0 Å². The summed E-state index contributed by atoms with van der Waals surface area (Å²) in [5, 5.41) is 3.08. The van der Waals surface area contributed by atoms with Crippen LogP contribution in [0.25, 0.3) is 11.1 Å². The van der Waals surface area contributed by atoms with Gasteiger partial charge in [-0.05, 0) is 47.5 Å². The normalized spacial score (nSPS) is 10.7. The molecule has 100 valence electrons. The van der Waals surface area contributed by atoms with E-state index in [9.17, 15) is 13.2 Å². The summed E-state index contributed by atoms with van der Waals surface area (Å²) in [5.74, 6) is -1.66. The zero-order valence-corrected chi connectivity index (χ0v) is 10.5. The molecule has 0 unspecified atom stereocenters. The molecule has 0 aliphatic rings. The number of hydrogen-bond donors (Lipinski definition) is 1. The molecule has 0 aromatic heterocycles. The molecule has 19 heavy (non-hydrogen) atoms. The van der Waals surface area contributed by atoms with Crippen molar-refractivity contribution >= 4 is 0 Å². The molecular formula is C15H14F3N. The van der Waals surface area contributed by atoms with Crippen LogP contribution < -0.4 is 5.32 Å². The molecule has 2 aromatic carbocycles. The van der Waals surface area contributed by atoms with Gasteiger partial charge in [0.25, 0.3) is 0 Å². The Kier molecular flexibility index (Phi) is 4.22. The van der Waals surface area contributed by atoms with Gasteiger partial charge in [-0.1, -0.05) is 13.0 Å². The highest BCUT2D eigenvalue weighted by Gasteiger charge is 2.09. The summed E-state index contributed by atoms with van der Waals surface area (Å²) in [6.07, 6.45) is 0. The summed E-state index contributed by atoms with van der Waals surface area (Å²) < 4.78 is 39.8. The minimum Gasteiger partial charge on any atom is -0.313 e. The molecule has 0 saturated heterocycles. The molecule has 2 aromatic rings. The number of hydrogen-bond acceptors (Lipinski definition) is 1. The van der Waals surface area contributed by atoms with Gasteiger partial charge in [0.2, 0.25) is 0 Å². The molecule has 1 N–H and O–H groups in total. The van der Waals surface area contributed by atoms with Gasteiger partial charge >= 0.3 is 0 Å². The van der Waals surface area contributed by atoms with Crippen LogP contribution in [0, 0.1) is 17.5 Å². The maximum absolute atomic E-state index is 13.3. The van der Waals surface area contributed by atoms with Crippen molar-refractivity contribution in [3.63, 3.8) is 0 Å². The monoisotopic (exact) mass is 265 g/mol. The number of nitrogens with one attached hydrogen (secondary N) is 1. The third-order valence-corrected chi connectivity index (χ3v) is 2.81. The fourth-order valence-electron chi connectivity index (χ4n) is 1.96. The number of rotatable bonds is 4. The van der Waals surface area contributed by atoms with E-state index >= 15 is 0 Å². The molecule has 4 heteroatoms. The Bertz CT molecular complexity index is 561. The second-order valence-electron chi connectivity index (χ2n) is 4.24. The van der Waals surface area contributed by atoms with Gasteiger partial charge in [0.05, 0.1) is 0 Å². The van der Waals surface area contributed by atoms with Crippen molar-refractivity contribution in [1.82, 2.24) is 5.32 Å². The van der Waals surface area contributed by atoms with Crippen LogP contribution in [0.4, 0.5) is 13.2 Å². The van der Waals surface area contributed by atoms with Crippen LogP contribution in [0.3, 0.4) is 0 Å². The molecule has 0 spiro atoms. The lowest BCUT2D eigenvalue weighted by atomic mass is 9.99. The molecule has 0 amide bonds. The van der Waals surface area contributed by atoms with E-state index in [1.165, 1.54) is 30.3 Å². The SMILES string of the molecule is CCNCc1cc(F)ccc1-c1cc(F)cc(F)c1. The Balaban J connectivity index is 2.47. The average Bonchev–Trinajstić information content (AvgIpc) is 2.35. The molecule has 0 aliphatic carbocycles. The summed E-state index contributed by atoms with van der Waals surface area (Å²) in [5.41, 5.74) is 1.71. The summed E-state index contributed by atoms with van der Waals surface area (Å²) in [4.78, 5) is 0. The van der Waals surface area contributed by atoms with E-state index in [2.05, 4.69) is 5.32 Å². The van der Waals surface area contributed by atoms with Crippen molar-refractivity contribution in [3.05, 3.63) is 59.4 Å². The second-order valence-corrected chi connectivity index (χ2v) is 4.24. The lowest BCUT2D eigenvalue weighted by Gasteiger charge is -2.11. The van der Waals surface area contributed by atoms with Crippen molar-refractivity contribution in [2.75, 3.05) is 6.54 Å². The Morgan fingerprint density at radius 1 is 0.895 bits per heavy atom. The topological polar surface area (TPSA) is 12.0 Å². The maximum atomic E-state index is 13.3. The van der Waals surface area contributed by atoms with Gasteiger partial charge in [0.1, 0.15) is 17.5 Å². The zero-order valence-electron chi connectivity index (χ0n) is 10.5. The van der Waals surface area contributed by atoms with Gasteiger partial charge in [-0.25, -0.2) is 13.2 Å². The third-order valence-electron chi connectivity index (χ3n) is 2.81. The van der Waals surface area contributed by atoms with Crippen molar-refractivity contribution < 1.29 is 13.2 Å². The molecule has 2 rings (SSSR count). The van der Waals surface area contributed by atoms with E-state index in [4.69, 9.17) is 0 Å². The average molecular weight is 265 g/mol. The molecule has 0 heterocycles. The van der Waals surface area contributed by atoms with E-state index in [-0.39, 0.29) is 5.82 Å². The molecule has 0 bridgehead atoms. The van der Waals surface area contributed by atoms with Crippen molar-refractivity contribution in [2.45, 2.75) is 13.5 Å². The fourth-order valence-corrected chi connectivity index (χ4v) is 1.96. The first-order valence-electron chi connectivity index (χ1n) is 6.05. The molecule has 0 atom stereocenters. The number of halogens is 3. The highest BCUT2D eigenvalue weighted by molar-refractivity contribution is 5.67. The Morgan fingerprint density at radius 2 is 1.58 bits per heavy atom. The first kappa shape index (κ1) is 13.6. The highest BCUT2D eigenvalue weighted by Crippen LogP contribution is 2.26. The van der Waals surface area contributed by atoms with E-state index in [1.54, 1.807) is 0 Å². The fraction of sp³-hybridized carbons (Fsp3) is 0.200. The van der Waals surface area contributed by atoms with Crippen molar-refractivity contribution in [3.8, 4) is 11.1 Å². The molecule has 1 nitrogen and oxygen atoms in total. The molecule has 0 aliphatic heterocycles. The van der Waals surface area contributed by atoms with Gasteiger partial charge in [0.15, 0.2) is 0 Å². The van der Waals surface area contributed by atoms with Crippen LogP contribution in [0.15, 0.2) is 36.4 Å². The zero-order chi connectivity index (χ0) is 13.8. The van der Waals surface area contributed by atoms with Gasteiger partial charge in [-0.3, -0.25) is 0 Å². The second kappa shape index (κ2) is 5.89. The van der Waals surface area contributed by atoms with Gasteiger partial charge in [-0.2, -0.15) is 0 Å². The van der Waals surface area contributed by atoms with E-state index in [0.717, 1.165) is 12.6 Å². The molecular weight excluding hydrogens is 251 g/mol. The highest BCUT2D eigenvalue weighted by atomic mass is 19.1. The predicted molar refractivity (Wildman–Crippen MR) is 69.1 cm³/mol. The Labute approximate surface area is 110 Å². The Hall–Kier alpha value is -1.81. The first-order valence-corrected chi connectivity index (χ1v) is 6.05. The van der Waals surface area contributed by atoms with E-state index in [0.29, 0.717) is 23.2 Å². The number of benzene rings is 2. The lowest BCUT2D eigenvalue weighted by molar-refractivity contribution is 0.584. The Morgan fingerprint density at radius 3 is 2.21 bits per heavy atom. The molecule has 0 saturated carbocycles. The smallest absolute Gasteiger partial charge is 0.126 e. The quantitative estimate of drug-likeness (QED) is 0.884. The third kappa shape index (κ3) is 3.35. The van der Waals surface area contributed by atoms with Crippen LogP contribution in [0.5, 0.6) is 0 Å². The standard InChI is InChI=1S/C15H14F3N/c1-2-19-9-11-7-12(16)3-4-15(11)10-5-13(17)8-14(18)6-10/h3-8,19H,2,9H2,1H3. The van der Waals surface area contributed by atoms with E-state index < -0.39 is 11.6 Å². The van der Waals surface area contributed by atoms with E-state index in [1.807, 2.05) is 6.92 Å². The van der Waals surface area contributed by atoms with Crippen molar-refractivity contribution in [1.29, 1.82) is 0 Å². The first-order chi connectivity index (χ1) is 9.10. The summed E-state index contributed by atoms with van der Waals surface area (Å²) in [6.45, 7) is 3.11. The minimum absolute atomic E-state index is 0.367. The van der Waals surface area contributed by atoms with Crippen LogP contribution in [-0.4, -0.2) is 6.54 Å². The van der Waals surface area contributed by atoms with Crippen LogP contribution >= 0.6 is 0 Å². The van der Waals surface area contributed by atoms with Gasteiger partial charge in [-0.15, -0.1) is 0 Å². The van der Waals surface area contributed by atoms with Gasteiger partial charge < -0.3 is 5.32 Å². The maximum Gasteiger partial charge on any atom is 0.126 e. The summed E-state index contributed by atoms with van der Waals surface area (Å²) in [6, 6.07) is 7.50. The minimum atomic E-state index is -0.645. The molecule has 0 radical (unpaired) electrons. The largest absolute Gasteiger partial charge is 0.313 e. The van der Waals surface area contributed by atoms with Crippen LogP contribution in [-0.2, 0) is 6.54 Å².